The molecule has 1 N–H and O–H groups in total. The Kier molecular flexibility index (Phi) is 6.15. The van der Waals surface area contributed by atoms with Crippen LogP contribution >= 0.6 is 23.2 Å². The molecule has 9 heteroatoms. The minimum atomic E-state index is -4.64. The number of esters is 1. The van der Waals surface area contributed by atoms with Gasteiger partial charge in [0.05, 0.1) is 26.9 Å². The summed E-state index contributed by atoms with van der Waals surface area (Å²) < 4.78 is 43.8. The average Bonchev–Trinajstić information content (AvgIpc) is 2.54. The molecule has 2 aromatic rings. The first-order valence-electron chi connectivity index (χ1n) is 7.23. The van der Waals surface area contributed by atoms with E-state index in [1.165, 1.54) is 37.3 Å². The van der Waals surface area contributed by atoms with Gasteiger partial charge < -0.3 is 10.1 Å². The van der Waals surface area contributed by atoms with Gasteiger partial charge in [0.25, 0.3) is 5.91 Å². The summed E-state index contributed by atoms with van der Waals surface area (Å²) in [6.07, 6.45) is -6.02. The Morgan fingerprint density at radius 1 is 1.04 bits per heavy atom. The Morgan fingerprint density at radius 2 is 1.62 bits per heavy atom. The quantitative estimate of drug-likeness (QED) is 0.711. The van der Waals surface area contributed by atoms with Gasteiger partial charge in [0.2, 0.25) is 0 Å². The Balaban J connectivity index is 2.13. The van der Waals surface area contributed by atoms with Crippen LogP contribution in [0.25, 0.3) is 0 Å². The van der Waals surface area contributed by atoms with Crippen LogP contribution in [0.1, 0.15) is 22.8 Å². The van der Waals surface area contributed by atoms with Crippen molar-refractivity contribution in [2.75, 3.05) is 5.32 Å². The van der Waals surface area contributed by atoms with Gasteiger partial charge in [0.15, 0.2) is 6.10 Å². The number of rotatable bonds is 4. The summed E-state index contributed by atoms with van der Waals surface area (Å²) >= 11 is 11.8. The van der Waals surface area contributed by atoms with Gasteiger partial charge in [-0.2, -0.15) is 13.2 Å². The highest BCUT2D eigenvalue weighted by Gasteiger charge is 2.34. The Hall–Kier alpha value is -2.25. The molecular formula is C17H12Cl2F3NO3. The van der Waals surface area contributed by atoms with E-state index in [1.807, 2.05) is 0 Å². The molecule has 0 bridgehead atoms. The molecular weight excluding hydrogens is 394 g/mol. The number of para-hydroxylation sites is 1. The summed E-state index contributed by atoms with van der Waals surface area (Å²) in [4.78, 5) is 24.2. The highest BCUT2D eigenvalue weighted by Crippen LogP contribution is 2.34. The second-order valence-electron chi connectivity index (χ2n) is 5.18. The largest absolute Gasteiger partial charge is 0.449 e. The zero-order chi connectivity index (χ0) is 19.5. The number of anilines is 1. The van der Waals surface area contributed by atoms with Crippen LogP contribution in [0.15, 0.2) is 42.5 Å². The summed E-state index contributed by atoms with van der Waals surface area (Å²) in [7, 11) is 0. The molecule has 0 fully saturated rings. The van der Waals surface area contributed by atoms with Gasteiger partial charge in [-0.1, -0.05) is 41.4 Å². The molecule has 4 nitrogen and oxygen atoms in total. The number of hydrogen-bond donors (Lipinski definition) is 1. The molecule has 1 amide bonds. The molecule has 1 atom stereocenters. The van der Waals surface area contributed by atoms with Crippen molar-refractivity contribution in [2.45, 2.75) is 19.2 Å². The summed E-state index contributed by atoms with van der Waals surface area (Å²) in [6, 6.07) is 8.80. The summed E-state index contributed by atoms with van der Waals surface area (Å²) in [5.41, 5.74) is -1.59. The molecule has 26 heavy (non-hydrogen) atoms. The highest BCUT2D eigenvalue weighted by atomic mass is 35.5. The number of halogens is 5. The number of carbonyl (C=O) groups is 2. The molecule has 0 aliphatic heterocycles. The van der Waals surface area contributed by atoms with Crippen molar-refractivity contribution in [1.82, 2.24) is 0 Å². The van der Waals surface area contributed by atoms with Crippen molar-refractivity contribution >= 4 is 40.8 Å². The van der Waals surface area contributed by atoms with E-state index in [4.69, 9.17) is 27.9 Å². The minimum Gasteiger partial charge on any atom is -0.449 e. The molecule has 0 spiro atoms. The van der Waals surface area contributed by atoms with Gasteiger partial charge in [-0.3, -0.25) is 4.79 Å². The fraction of sp³-hybridized carbons (Fsp3) is 0.176. The van der Waals surface area contributed by atoms with Gasteiger partial charge >= 0.3 is 12.1 Å². The third kappa shape index (κ3) is 4.68. The van der Waals surface area contributed by atoms with Crippen molar-refractivity contribution in [3.63, 3.8) is 0 Å². The summed E-state index contributed by atoms with van der Waals surface area (Å²) in [5.74, 6) is -1.90. The molecule has 2 aromatic carbocycles. The van der Waals surface area contributed by atoms with Crippen LogP contribution in [0.3, 0.4) is 0 Å². The smallest absolute Gasteiger partial charge is 0.418 e. The molecule has 138 valence electrons. The minimum absolute atomic E-state index is 0.0255. The van der Waals surface area contributed by atoms with Crippen LogP contribution < -0.4 is 5.32 Å². The first-order chi connectivity index (χ1) is 12.1. The highest BCUT2D eigenvalue weighted by molar-refractivity contribution is 6.39. The molecule has 0 aromatic heterocycles. The van der Waals surface area contributed by atoms with Gasteiger partial charge in [-0.15, -0.1) is 0 Å². The molecule has 0 aliphatic carbocycles. The van der Waals surface area contributed by atoms with Gasteiger partial charge in [-0.05, 0) is 31.2 Å². The van der Waals surface area contributed by atoms with Gasteiger partial charge in [-0.25, -0.2) is 4.79 Å². The third-order valence-electron chi connectivity index (χ3n) is 3.31. The van der Waals surface area contributed by atoms with Crippen LogP contribution in [-0.2, 0) is 15.7 Å². The van der Waals surface area contributed by atoms with E-state index in [0.29, 0.717) is 0 Å². The normalized spacial score (nSPS) is 12.4. The number of benzene rings is 2. The lowest BCUT2D eigenvalue weighted by Crippen LogP contribution is -2.31. The molecule has 0 aliphatic rings. The lowest BCUT2D eigenvalue weighted by molar-refractivity contribution is -0.137. The Morgan fingerprint density at radius 3 is 2.19 bits per heavy atom. The second kappa shape index (κ2) is 7.97. The zero-order valence-electron chi connectivity index (χ0n) is 13.2. The van der Waals surface area contributed by atoms with E-state index < -0.39 is 35.4 Å². The van der Waals surface area contributed by atoms with E-state index in [1.54, 1.807) is 0 Å². The molecule has 1 unspecified atom stereocenters. The second-order valence-corrected chi connectivity index (χ2v) is 5.99. The fourth-order valence-corrected chi connectivity index (χ4v) is 2.59. The molecule has 0 saturated carbocycles. The Labute approximate surface area is 156 Å². The van der Waals surface area contributed by atoms with Gasteiger partial charge in [0, 0.05) is 0 Å². The van der Waals surface area contributed by atoms with E-state index in [-0.39, 0.29) is 15.6 Å². The lowest BCUT2D eigenvalue weighted by Gasteiger charge is -2.17. The predicted molar refractivity (Wildman–Crippen MR) is 91.4 cm³/mol. The maximum absolute atomic E-state index is 13.0. The van der Waals surface area contributed by atoms with E-state index in [9.17, 15) is 22.8 Å². The monoisotopic (exact) mass is 405 g/mol. The predicted octanol–water partition coefficient (Wildman–Crippen LogP) is 5.20. The first-order valence-corrected chi connectivity index (χ1v) is 7.99. The average molecular weight is 406 g/mol. The topological polar surface area (TPSA) is 55.4 Å². The van der Waals surface area contributed by atoms with Crippen LogP contribution in [0.2, 0.25) is 10.0 Å². The van der Waals surface area contributed by atoms with Gasteiger partial charge in [0.1, 0.15) is 0 Å². The van der Waals surface area contributed by atoms with Crippen LogP contribution in [-0.4, -0.2) is 18.0 Å². The third-order valence-corrected chi connectivity index (χ3v) is 3.94. The maximum Gasteiger partial charge on any atom is 0.418 e. The number of ether oxygens (including phenoxy) is 1. The fourth-order valence-electron chi connectivity index (χ4n) is 2.04. The molecule has 0 heterocycles. The first kappa shape index (κ1) is 20.1. The van der Waals surface area contributed by atoms with Crippen LogP contribution in [0.4, 0.5) is 18.9 Å². The zero-order valence-corrected chi connectivity index (χ0v) is 14.7. The standard InChI is InChI=1S/C17H12Cl2F3NO3/c1-9(26-16(25)14-11(18)6-4-7-12(14)19)15(24)23-13-8-3-2-5-10(13)17(20,21)22/h2-9H,1H3,(H,23,24). The van der Waals surface area contributed by atoms with Crippen molar-refractivity contribution in [2.24, 2.45) is 0 Å². The van der Waals surface area contributed by atoms with E-state index in [0.717, 1.165) is 12.1 Å². The number of nitrogens with one attached hydrogen (secondary N) is 1. The van der Waals surface area contributed by atoms with E-state index >= 15 is 0 Å². The summed E-state index contributed by atoms with van der Waals surface area (Å²) in [5, 5.41) is 2.15. The molecule has 2 rings (SSSR count). The van der Waals surface area contributed by atoms with Crippen LogP contribution in [0, 0.1) is 0 Å². The summed E-state index contributed by atoms with van der Waals surface area (Å²) in [6.45, 7) is 1.22. The number of alkyl halides is 3. The molecule has 0 saturated heterocycles. The molecule has 0 radical (unpaired) electrons. The maximum atomic E-state index is 13.0. The number of carbonyl (C=O) groups excluding carboxylic acids is 2. The van der Waals surface area contributed by atoms with Crippen molar-refractivity contribution in [1.29, 1.82) is 0 Å². The lowest BCUT2D eigenvalue weighted by atomic mass is 10.1. The van der Waals surface area contributed by atoms with Crippen molar-refractivity contribution < 1.29 is 27.5 Å². The van der Waals surface area contributed by atoms with E-state index in [2.05, 4.69) is 5.32 Å². The SMILES string of the molecule is CC(OC(=O)c1c(Cl)cccc1Cl)C(=O)Nc1ccccc1C(F)(F)F. The number of hydrogen-bond acceptors (Lipinski definition) is 3. The Bertz CT molecular complexity index is 820. The van der Waals surface area contributed by atoms with Crippen molar-refractivity contribution in [3.05, 3.63) is 63.6 Å². The number of amides is 1. The van der Waals surface area contributed by atoms with Crippen LogP contribution in [0.5, 0.6) is 0 Å². The van der Waals surface area contributed by atoms with Crippen molar-refractivity contribution in [3.8, 4) is 0 Å².